The van der Waals surface area contributed by atoms with Crippen LogP contribution in [-0.4, -0.2) is 19.9 Å². The molecule has 2 nitrogen and oxygen atoms in total. The lowest BCUT2D eigenvalue weighted by atomic mass is 9.78. The predicted molar refractivity (Wildman–Crippen MR) is 103 cm³/mol. The molecule has 3 rings (SSSR count). The summed E-state index contributed by atoms with van der Waals surface area (Å²) >= 11 is 1.99. The lowest BCUT2D eigenvalue weighted by Crippen LogP contribution is -2.28. The van der Waals surface area contributed by atoms with Crippen LogP contribution in [0, 0.1) is 29.4 Å². The van der Waals surface area contributed by atoms with Crippen LogP contribution in [0.25, 0.3) is 0 Å². The first-order valence-corrected chi connectivity index (χ1v) is 10.9. The molecule has 2 aliphatic rings. The molecule has 0 spiro atoms. The largest absolute Gasteiger partial charge is 0.348 e. The molecular formula is C21H26BrF5O2. The Morgan fingerprint density at radius 1 is 0.862 bits per heavy atom. The summed E-state index contributed by atoms with van der Waals surface area (Å²) in [6.45, 7) is 0.547. The van der Waals surface area contributed by atoms with Crippen LogP contribution in [0.15, 0.2) is 12.1 Å². The lowest BCUT2D eigenvalue weighted by Gasteiger charge is -2.32. The van der Waals surface area contributed by atoms with Gasteiger partial charge in [0.05, 0.1) is 19.9 Å². The molecule has 0 N–H and O–H groups in total. The van der Waals surface area contributed by atoms with E-state index in [1.807, 2.05) is 15.9 Å². The molecule has 0 unspecified atom stereocenters. The van der Waals surface area contributed by atoms with Crippen LogP contribution in [0.1, 0.15) is 62.4 Å². The first-order chi connectivity index (χ1) is 13.8. The molecule has 1 aliphatic carbocycles. The fourth-order valence-corrected chi connectivity index (χ4v) is 4.72. The van der Waals surface area contributed by atoms with E-state index in [0.29, 0.717) is 31.5 Å². The molecule has 8 heteroatoms. The highest BCUT2D eigenvalue weighted by Gasteiger charge is 2.36. The molecule has 0 atom stereocenters. The molecule has 1 aliphatic heterocycles. The maximum Gasteiger partial charge on any atom is 0.332 e. The van der Waals surface area contributed by atoms with E-state index in [2.05, 4.69) is 0 Å². The van der Waals surface area contributed by atoms with Crippen molar-refractivity contribution in [3.8, 4) is 0 Å². The van der Waals surface area contributed by atoms with Crippen molar-refractivity contribution in [2.75, 3.05) is 19.9 Å². The Balaban J connectivity index is 1.46. The second-order valence-corrected chi connectivity index (χ2v) is 9.16. The summed E-state index contributed by atoms with van der Waals surface area (Å²) in [4.78, 5) is -3.79. The summed E-state index contributed by atoms with van der Waals surface area (Å²) < 4.78 is 78.1. The third-order valence-corrected chi connectivity index (χ3v) is 6.45. The normalized spacial score (nSPS) is 28.5. The van der Waals surface area contributed by atoms with Crippen molar-refractivity contribution in [2.45, 2.75) is 56.1 Å². The quantitative estimate of drug-likeness (QED) is 0.305. The Hall–Kier alpha value is -0.730. The van der Waals surface area contributed by atoms with Gasteiger partial charge >= 0.3 is 4.83 Å². The lowest BCUT2D eigenvalue weighted by molar-refractivity contribution is -0.206. The zero-order valence-corrected chi connectivity index (χ0v) is 17.7. The minimum atomic E-state index is -3.79. The fraction of sp³-hybridized carbons (Fsp3) is 0.714. The van der Waals surface area contributed by atoms with E-state index in [4.69, 9.17) is 9.47 Å². The van der Waals surface area contributed by atoms with Gasteiger partial charge in [0, 0.05) is 11.5 Å². The average Bonchev–Trinajstić information content (AvgIpc) is 2.66. The van der Waals surface area contributed by atoms with Crippen molar-refractivity contribution in [3.05, 3.63) is 34.9 Å². The van der Waals surface area contributed by atoms with Gasteiger partial charge in [-0.1, -0.05) is 32.1 Å². The zero-order chi connectivity index (χ0) is 21.0. The number of halogens is 6. The highest BCUT2D eigenvalue weighted by molar-refractivity contribution is 9.09. The van der Waals surface area contributed by atoms with Crippen molar-refractivity contribution in [1.82, 2.24) is 0 Å². The minimum absolute atomic E-state index is 0.0464. The number of alkyl halides is 4. The van der Waals surface area contributed by atoms with Gasteiger partial charge in [0.25, 0.3) is 0 Å². The number of hydrogen-bond donors (Lipinski definition) is 0. The summed E-state index contributed by atoms with van der Waals surface area (Å²) in [7, 11) is 0. The van der Waals surface area contributed by atoms with Gasteiger partial charge in [-0.15, -0.1) is 0 Å². The fourth-order valence-electron chi connectivity index (χ4n) is 4.34. The smallest absolute Gasteiger partial charge is 0.332 e. The monoisotopic (exact) mass is 484 g/mol. The highest BCUT2D eigenvalue weighted by Crippen LogP contribution is 2.40. The molecule has 0 aromatic heterocycles. The summed E-state index contributed by atoms with van der Waals surface area (Å²) in [5.41, 5.74) is -1.28. The van der Waals surface area contributed by atoms with Crippen LogP contribution in [-0.2, 0) is 14.3 Å². The van der Waals surface area contributed by atoms with E-state index in [0.717, 1.165) is 50.7 Å². The zero-order valence-electron chi connectivity index (χ0n) is 16.1. The standard InChI is InChI=1S/C21H26BrF5O2/c22-21(26,27)19-17(24)9-16(10-18(19)25)20-28-11-15(12-29-20)6-5-13-1-3-14(4-2-13)7-8-23/h9-10,13-15,20H,1-8,11-12H2. The topological polar surface area (TPSA) is 18.5 Å². The molecular weight excluding hydrogens is 459 g/mol. The van der Waals surface area contributed by atoms with Crippen molar-refractivity contribution in [2.24, 2.45) is 17.8 Å². The second-order valence-electron chi connectivity index (χ2n) is 8.16. The Kier molecular flexibility index (Phi) is 7.95. The maximum atomic E-state index is 14.0. The number of ether oxygens (including phenoxy) is 2. The number of benzene rings is 1. The molecule has 29 heavy (non-hydrogen) atoms. The third kappa shape index (κ3) is 6.14. The van der Waals surface area contributed by atoms with Gasteiger partial charge < -0.3 is 9.47 Å². The van der Waals surface area contributed by atoms with E-state index in [1.54, 1.807) is 0 Å². The summed E-state index contributed by atoms with van der Waals surface area (Å²) in [6, 6.07) is 1.66. The molecule has 1 aromatic carbocycles. The first kappa shape index (κ1) is 22.9. The molecule has 1 saturated carbocycles. The summed E-state index contributed by atoms with van der Waals surface area (Å²) in [6.07, 6.45) is 6.14. The summed E-state index contributed by atoms with van der Waals surface area (Å²) in [5.74, 6) is -1.34. The van der Waals surface area contributed by atoms with E-state index in [9.17, 15) is 22.0 Å². The van der Waals surface area contributed by atoms with Gasteiger partial charge in [-0.05, 0) is 52.7 Å². The van der Waals surface area contributed by atoms with Crippen LogP contribution in [0.5, 0.6) is 0 Å². The SMILES string of the molecule is FCCC1CCC(CCC2COC(c3cc(F)c(C(F)(F)Br)c(F)c3)OC2)CC1. The molecule has 1 saturated heterocycles. The van der Waals surface area contributed by atoms with Crippen LogP contribution >= 0.6 is 15.9 Å². The molecule has 0 amide bonds. The van der Waals surface area contributed by atoms with Gasteiger partial charge in [-0.25, -0.2) is 8.78 Å². The number of hydrogen-bond acceptors (Lipinski definition) is 2. The molecule has 0 bridgehead atoms. The molecule has 0 radical (unpaired) electrons. The highest BCUT2D eigenvalue weighted by atomic mass is 79.9. The number of rotatable bonds is 7. The maximum absolute atomic E-state index is 14.0. The van der Waals surface area contributed by atoms with E-state index >= 15 is 0 Å². The van der Waals surface area contributed by atoms with Crippen molar-refractivity contribution < 1.29 is 31.4 Å². The van der Waals surface area contributed by atoms with E-state index in [-0.39, 0.29) is 18.2 Å². The third-order valence-electron chi connectivity index (χ3n) is 6.05. The second kappa shape index (κ2) is 10.1. The first-order valence-electron chi connectivity index (χ1n) is 10.1. The average molecular weight is 485 g/mol. The molecule has 2 fully saturated rings. The Morgan fingerprint density at radius 2 is 1.34 bits per heavy atom. The van der Waals surface area contributed by atoms with Crippen molar-refractivity contribution in [1.29, 1.82) is 0 Å². The van der Waals surface area contributed by atoms with Gasteiger partial charge in [0.1, 0.15) is 17.2 Å². The Labute approximate surface area is 176 Å². The minimum Gasteiger partial charge on any atom is -0.348 e. The van der Waals surface area contributed by atoms with Gasteiger partial charge in [0.15, 0.2) is 6.29 Å². The summed E-state index contributed by atoms with van der Waals surface area (Å²) in [5, 5.41) is 0. The molecule has 164 valence electrons. The van der Waals surface area contributed by atoms with E-state index in [1.165, 1.54) is 0 Å². The van der Waals surface area contributed by atoms with Gasteiger partial charge in [0.2, 0.25) is 0 Å². The van der Waals surface area contributed by atoms with Crippen LogP contribution in [0.3, 0.4) is 0 Å². The molecule has 1 heterocycles. The van der Waals surface area contributed by atoms with Crippen LogP contribution in [0.4, 0.5) is 22.0 Å². The van der Waals surface area contributed by atoms with Gasteiger partial charge in [-0.2, -0.15) is 8.78 Å². The van der Waals surface area contributed by atoms with Gasteiger partial charge in [-0.3, -0.25) is 4.39 Å². The Morgan fingerprint density at radius 3 is 1.83 bits per heavy atom. The van der Waals surface area contributed by atoms with Crippen LogP contribution < -0.4 is 0 Å². The van der Waals surface area contributed by atoms with Crippen LogP contribution in [0.2, 0.25) is 0 Å². The van der Waals surface area contributed by atoms with E-state index < -0.39 is 28.3 Å². The predicted octanol–water partition coefficient (Wildman–Crippen LogP) is 7.02. The van der Waals surface area contributed by atoms with Crippen molar-refractivity contribution in [3.63, 3.8) is 0 Å². The Bertz CT molecular complexity index is 643. The molecule has 1 aromatic rings. The van der Waals surface area contributed by atoms with Crippen molar-refractivity contribution >= 4 is 15.9 Å².